The van der Waals surface area contributed by atoms with Crippen LogP contribution in [0.1, 0.15) is 35.7 Å². The van der Waals surface area contributed by atoms with Crippen molar-refractivity contribution in [2.45, 2.75) is 19.8 Å². The smallest absolute Gasteiger partial charge is 0.337 e. The fourth-order valence-electron chi connectivity index (χ4n) is 1.65. The van der Waals surface area contributed by atoms with Crippen molar-refractivity contribution in [3.63, 3.8) is 0 Å². The molecule has 0 bridgehead atoms. The minimum Gasteiger partial charge on any atom is -0.465 e. The third-order valence-electron chi connectivity index (χ3n) is 2.94. The molecule has 0 aliphatic carbocycles. The van der Waals surface area contributed by atoms with Crippen molar-refractivity contribution in [2.75, 3.05) is 20.3 Å². The van der Waals surface area contributed by atoms with E-state index < -0.39 is 11.9 Å². The highest BCUT2D eigenvalue weighted by Crippen LogP contribution is 2.07. The Hall–Kier alpha value is -2.63. The summed E-state index contributed by atoms with van der Waals surface area (Å²) < 4.78 is 9.42. The number of carbonyl (C=O) groups excluding carboxylic acids is 3. The van der Waals surface area contributed by atoms with Gasteiger partial charge in [0.15, 0.2) is 6.61 Å². The van der Waals surface area contributed by atoms with E-state index in [1.807, 2.05) is 6.92 Å². The maximum Gasteiger partial charge on any atom is 0.337 e. The summed E-state index contributed by atoms with van der Waals surface area (Å²) >= 11 is 0. The second-order valence-corrected chi connectivity index (χ2v) is 4.76. The van der Waals surface area contributed by atoms with E-state index in [4.69, 9.17) is 4.74 Å². The number of rotatable bonds is 8. The summed E-state index contributed by atoms with van der Waals surface area (Å²) in [5.74, 6) is -1.34. The van der Waals surface area contributed by atoms with Crippen LogP contribution in [-0.4, -0.2) is 38.1 Å². The number of ether oxygens (including phenoxy) is 2. The van der Waals surface area contributed by atoms with E-state index in [1.165, 1.54) is 13.2 Å². The van der Waals surface area contributed by atoms with Crippen LogP contribution >= 0.6 is 0 Å². The molecule has 0 aromatic heterocycles. The Bertz CT molecular complexity index is 563. The van der Waals surface area contributed by atoms with Gasteiger partial charge >= 0.3 is 11.9 Å². The van der Waals surface area contributed by atoms with Gasteiger partial charge in [-0.2, -0.15) is 0 Å². The Morgan fingerprint density at radius 1 is 1.17 bits per heavy atom. The van der Waals surface area contributed by atoms with Gasteiger partial charge in [0.1, 0.15) is 0 Å². The lowest BCUT2D eigenvalue weighted by Gasteiger charge is -2.04. The molecule has 0 saturated carbocycles. The number of hydrogen-bond donors (Lipinski definition) is 1. The van der Waals surface area contributed by atoms with Gasteiger partial charge in [-0.3, -0.25) is 4.79 Å². The molecule has 124 valence electrons. The molecule has 0 fully saturated rings. The molecule has 0 atom stereocenters. The second kappa shape index (κ2) is 10.2. The lowest BCUT2D eigenvalue weighted by atomic mass is 10.1. The molecule has 0 radical (unpaired) electrons. The topological polar surface area (TPSA) is 81.7 Å². The number of methoxy groups -OCH3 is 1. The molecule has 0 saturated heterocycles. The van der Waals surface area contributed by atoms with Gasteiger partial charge in [-0.15, -0.1) is 0 Å². The first-order valence-electron chi connectivity index (χ1n) is 7.36. The predicted molar refractivity (Wildman–Crippen MR) is 85.7 cm³/mol. The average molecular weight is 319 g/mol. The van der Waals surface area contributed by atoms with Crippen molar-refractivity contribution in [1.29, 1.82) is 0 Å². The van der Waals surface area contributed by atoms with E-state index in [1.54, 1.807) is 30.3 Å². The van der Waals surface area contributed by atoms with E-state index in [9.17, 15) is 14.4 Å². The van der Waals surface area contributed by atoms with Crippen molar-refractivity contribution >= 4 is 23.9 Å². The lowest BCUT2D eigenvalue weighted by Crippen LogP contribution is -2.29. The monoisotopic (exact) mass is 319 g/mol. The first-order valence-corrected chi connectivity index (χ1v) is 7.36. The van der Waals surface area contributed by atoms with Crippen LogP contribution in [-0.2, 0) is 19.1 Å². The number of nitrogens with one attached hydrogen (secondary N) is 1. The number of amides is 1. The first-order chi connectivity index (χ1) is 11.1. The maximum absolute atomic E-state index is 11.5. The van der Waals surface area contributed by atoms with Gasteiger partial charge in [-0.1, -0.05) is 25.5 Å². The molecular formula is C17H21NO5. The SMILES string of the molecule is CCCCNC(=O)COC(=O)/C=C/c1ccc(C(=O)OC)cc1. The van der Waals surface area contributed by atoms with Crippen molar-refractivity contribution in [2.24, 2.45) is 0 Å². The van der Waals surface area contributed by atoms with Crippen LogP contribution in [0.3, 0.4) is 0 Å². The van der Waals surface area contributed by atoms with Crippen LogP contribution in [0.25, 0.3) is 6.08 Å². The molecule has 1 aromatic carbocycles. The van der Waals surface area contributed by atoms with Crippen LogP contribution in [0.5, 0.6) is 0 Å². The Morgan fingerprint density at radius 2 is 1.87 bits per heavy atom. The molecule has 6 nitrogen and oxygen atoms in total. The molecule has 0 heterocycles. The van der Waals surface area contributed by atoms with Crippen molar-refractivity contribution in [1.82, 2.24) is 5.32 Å². The highest BCUT2D eigenvalue weighted by atomic mass is 16.5. The summed E-state index contributed by atoms with van der Waals surface area (Å²) in [6, 6.07) is 6.54. The van der Waals surface area contributed by atoms with Gasteiger partial charge in [-0.05, 0) is 30.2 Å². The van der Waals surface area contributed by atoms with Crippen LogP contribution in [0.4, 0.5) is 0 Å². The summed E-state index contributed by atoms with van der Waals surface area (Å²) in [5, 5.41) is 2.65. The van der Waals surface area contributed by atoms with E-state index >= 15 is 0 Å². The van der Waals surface area contributed by atoms with Gasteiger partial charge in [-0.25, -0.2) is 9.59 Å². The number of carbonyl (C=O) groups is 3. The fourth-order valence-corrected chi connectivity index (χ4v) is 1.65. The van der Waals surface area contributed by atoms with Crippen molar-refractivity contribution < 1.29 is 23.9 Å². The summed E-state index contributed by atoms with van der Waals surface area (Å²) in [4.78, 5) is 34.2. The standard InChI is InChI=1S/C17H21NO5/c1-3-4-11-18-15(19)12-23-16(20)10-7-13-5-8-14(9-6-13)17(21)22-2/h5-10H,3-4,11-12H2,1-2H3,(H,18,19)/b10-7+. The zero-order chi connectivity index (χ0) is 17.1. The zero-order valence-electron chi connectivity index (χ0n) is 13.3. The molecule has 1 aromatic rings. The summed E-state index contributed by atoms with van der Waals surface area (Å²) in [5.41, 5.74) is 1.15. The summed E-state index contributed by atoms with van der Waals surface area (Å²) in [6.07, 6.45) is 4.64. The molecule has 1 N–H and O–H groups in total. The Balaban J connectivity index is 2.40. The van der Waals surface area contributed by atoms with E-state index in [0.29, 0.717) is 12.1 Å². The van der Waals surface area contributed by atoms with E-state index in [-0.39, 0.29) is 12.5 Å². The molecule has 0 unspecified atom stereocenters. The van der Waals surface area contributed by atoms with Gasteiger partial charge in [0, 0.05) is 12.6 Å². The fraction of sp³-hybridized carbons (Fsp3) is 0.353. The summed E-state index contributed by atoms with van der Waals surface area (Å²) in [6.45, 7) is 2.30. The largest absolute Gasteiger partial charge is 0.465 e. The van der Waals surface area contributed by atoms with Gasteiger partial charge < -0.3 is 14.8 Å². The molecule has 0 aliphatic heterocycles. The third kappa shape index (κ3) is 7.26. The number of esters is 2. The number of hydrogen-bond acceptors (Lipinski definition) is 5. The molecule has 0 aliphatic rings. The van der Waals surface area contributed by atoms with Gasteiger partial charge in [0.25, 0.3) is 5.91 Å². The molecule has 1 amide bonds. The Kier molecular flexibility index (Phi) is 8.13. The van der Waals surface area contributed by atoms with E-state index in [0.717, 1.165) is 18.4 Å². The Labute approximate surface area is 135 Å². The molecular weight excluding hydrogens is 298 g/mol. The van der Waals surface area contributed by atoms with Crippen LogP contribution in [0, 0.1) is 0 Å². The second-order valence-electron chi connectivity index (χ2n) is 4.76. The number of unbranched alkanes of at least 4 members (excludes halogenated alkanes) is 1. The molecule has 0 spiro atoms. The normalized spacial score (nSPS) is 10.3. The highest BCUT2D eigenvalue weighted by molar-refractivity contribution is 5.91. The third-order valence-corrected chi connectivity index (χ3v) is 2.94. The lowest BCUT2D eigenvalue weighted by molar-refractivity contribution is -0.143. The maximum atomic E-state index is 11.5. The van der Waals surface area contributed by atoms with Crippen LogP contribution in [0.2, 0.25) is 0 Å². The predicted octanol–water partition coefficient (Wildman–Crippen LogP) is 1.95. The van der Waals surface area contributed by atoms with E-state index in [2.05, 4.69) is 10.1 Å². The van der Waals surface area contributed by atoms with Crippen molar-refractivity contribution in [3.05, 3.63) is 41.5 Å². The summed E-state index contributed by atoms with van der Waals surface area (Å²) in [7, 11) is 1.31. The molecule has 6 heteroatoms. The van der Waals surface area contributed by atoms with Gasteiger partial charge in [0.05, 0.1) is 12.7 Å². The number of benzene rings is 1. The molecule has 23 heavy (non-hydrogen) atoms. The van der Waals surface area contributed by atoms with Crippen molar-refractivity contribution in [3.8, 4) is 0 Å². The average Bonchev–Trinajstić information content (AvgIpc) is 2.58. The van der Waals surface area contributed by atoms with Crippen LogP contribution in [0.15, 0.2) is 30.3 Å². The van der Waals surface area contributed by atoms with Gasteiger partial charge in [0.2, 0.25) is 0 Å². The molecule has 1 rings (SSSR count). The van der Waals surface area contributed by atoms with Crippen LogP contribution < -0.4 is 5.32 Å². The Morgan fingerprint density at radius 3 is 2.48 bits per heavy atom. The first kappa shape index (κ1) is 18.4. The minimum absolute atomic E-state index is 0.297. The quantitative estimate of drug-likeness (QED) is 0.450. The highest BCUT2D eigenvalue weighted by Gasteiger charge is 2.05. The zero-order valence-corrected chi connectivity index (χ0v) is 13.3. The minimum atomic E-state index is -0.604.